The Morgan fingerprint density at radius 1 is 1.08 bits per heavy atom. The summed E-state index contributed by atoms with van der Waals surface area (Å²) < 4.78 is 9.12. The highest BCUT2D eigenvalue weighted by molar-refractivity contribution is 9.10. The van der Waals surface area contributed by atoms with Gasteiger partial charge in [0.25, 0.3) is 0 Å². The number of benzene rings is 2. The molecular formula is C20H19BrN2O. The zero-order valence-corrected chi connectivity index (χ0v) is 15.4. The second kappa shape index (κ2) is 6.10. The van der Waals surface area contributed by atoms with Crippen LogP contribution in [0.1, 0.15) is 25.3 Å². The first-order chi connectivity index (χ1) is 11.7. The second-order valence-electron chi connectivity index (χ2n) is 6.26. The van der Waals surface area contributed by atoms with Crippen molar-refractivity contribution < 1.29 is 4.52 Å². The second-order valence-corrected chi connectivity index (χ2v) is 7.11. The van der Waals surface area contributed by atoms with E-state index in [2.05, 4.69) is 76.0 Å². The van der Waals surface area contributed by atoms with Crippen molar-refractivity contribution in [3.63, 3.8) is 0 Å². The highest BCUT2D eigenvalue weighted by Gasteiger charge is 2.18. The van der Waals surface area contributed by atoms with Gasteiger partial charge < -0.3 is 9.09 Å². The van der Waals surface area contributed by atoms with Crippen LogP contribution in [-0.2, 0) is 6.54 Å². The molecule has 0 unspecified atom stereocenters. The summed E-state index contributed by atoms with van der Waals surface area (Å²) in [6, 6.07) is 12.6. The van der Waals surface area contributed by atoms with Crippen LogP contribution in [0.3, 0.4) is 0 Å². The number of aryl methyl sites for hydroxylation is 2. The van der Waals surface area contributed by atoms with Gasteiger partial charge in [-0.15, -0.1) is 0 Å². The van der Waals surface area contributed by atoms with E-state index in [4.69, 9.17) is 4.52 Å². The molecule has 4 rings (SSSR count). The minimum Gasteiger partial charge on any atom is -0.355 e. The van der Waals surface area contributed by atoms with Crippen LogP contribution in [-0.4, -0.2) is 9.72 Å². The number of hydrogen-bond donors (Lipinski definition) is 0. The largest absolute Gasteiger partial charge is 0.355 e. The summed E-state index contributed by atoms with van der Waals surface area (Å²) in [5, 5.41) is 6.54. The third-order valence-corrected chi connectivity index (χ3v) is 5.11. The average Bonchev–Trinajstić information content (AvgIpc) is 3.15. The molecule has 2 aromatic carbocycles. The Kier molecular flexibility index (Phi) is 3.93. The van der Waals surface area contributed by atoms with Crippen LogP contribution in [0.15, 0.2) is 51.6 Å². The first-order valence-corrected chi connectivity index (χ1v) is 9.12. The van der Waals surface area contributed by atoms with Gasteiger partial charge in [-0.2, -0.15) is 0 Å². The zero-order valence-electron chi connectivity index (χ0n) is 13.8. The summed E-state index contributed by atoms with van der Waals surface area (Å²) in [4.78, 5) is 0. The molecule has 0 radical (unpaired) electrons. The molecule has 0 bridgehead atoms. The molecule has 0 spiro atoms. The summed E-state index contributed by atoms with van der Waals surface area (Å²) in [6.45, 7) is 5.33. The number of unbranched alkanes of at least 4 members (excludes halogenated alkanes) is 1. The molecule has 2 heterocycles. The van der Waals surface area contributed by atoms with Crippen LogP contribution >= 0.6 is 15.9 Å². The normalized spacial score (nSPS) is 11.6. The van der Waals surface area contributed by atoms with Gasteiger partial charge in [-0.1, -0.05) is 48.3 Å². The van der Waals surface area contributed by atoms with Crippen LogP contribution in [0.5, 0.6) is 0 Å². The van der Waals surface area contributed by atoms with E-state index in [-0.39, 0.29) is 0 Å². The fraction of sp³-hybridized carbons (Fsp3) is 0.250. The zero-order chi connectivity index (χ0) is 16.7. The lowest BCUT2D eigenvalue weighted by Crippen LogP contribution is -1.94. The van der Waals surface area contributed by atoms with E-state index in [1.165, 1.54) is 29.3 Å². The maximum Gasteiger partial charge on any atom is 0.175 e. The van der Waals surface area contributed by atoms with Crippen LogP contribution in [0, 0.1) is 6.92 Å². The number of fused-ring (bicyclic) bond motifs is 3. The predicted molar refractivity (Wildman–Crippen MR) is 102 cm³/mol. The Bertz CT molecular complexity index is 1010. The van der Waals surface area contributed by atoms with E-state index in [9.17, 15) is 0 Å². The van der Waals surface area contributed by atoms with Crippen LogP contribution in [0.25, 0.3) is 33.1 Å². The fourth-order valence-corrected chi connectivity index (χ4v) is 3.84. The van der Waals surface area contributed by atoms with Crippen molar-refractivity contribution in [2.75, 3.05) is 0 Å². The molecule has 0 amide bonds. The maximum absolute atomic E-state index is 5.71. The van der Waals surface area contributed by atoms with Crippen molar-refractivity contribution in [3.05, 3.63) is 52.6 Å². The first-order valence-electron chi connectivity index (χ1n) is 8.33. The molecule has 2 aromatic heterocycles. The Morgan fingerprint density at radius 2 is 1.88 bits per heavy atom. The molecule has 0 saturated carbocycles. The molecule has 4 heteroatoms. The van der Waals surface area contributed by atoms with Gasteiger partial charge in [-0.05, 0) is 41.4 Å². The van der Waals surface area contributed by atoms with Crippen molar-refractivity contribution in [1.29, 1.82) is 0 Å². The molecule has 0 aliphatic rings. The lowest BCUT2D eigenvalue weighted by atomic mass is 10.0. The van der Waals surface area contributed by atoms with Gasteiger partial charge in [0.05, 0.1) is 10.9 Å². The Hall–Kier alpha value is -2.07. The molecule has 0 aliphatic carbocycles. The molecule has 0 fully saturated rings. The fourth-order valence-electron chi connectivity index (χ4n) is 3.19. The molecular weight excluding hydrogens is 364 g/mol. The Morgan fingerprint density at radius 3 is 2.62 bits per heavy atom. The van der Waals surface area contributed by atoms with E-state index in [1.807, 2.05) is 6.07 Å². The van der Waals surface area contributed by atoms with Crippen molar-refractivity contribution in [2.45, 2.75) is 33.2 Å². The smallest absolute Gasteiger partial charge is 0.175 e. The first kappa shape index (κ1) is 15.5. The number of nitrogens with zero attached hydrogens (tertiary/aromatic N) is 2. The van der Waals surface area contributed by atoms with Crippen LogP contribution < -0.4 is 0 Å². The van der Waals surface area contributed by atoms with Crippen molar-refractivity contribution >= 4 is 37.7 Å². The molecule has 0 atom stereocenters. The lowest BCUT2D eigenvalue weighted by Gasteiger charge is -2.04. The number of rotatable bonds is 4. The van der Waals surface area contributed by atoms with Gasteiger partial charge in [-0.3, -0.25) is 0 Å². The minimum atomic E-state index is 0.838. The van der Waals surface area contributed by atoms with Crippen LogP contribution in [0.2, 0.25) is 0 Å². The van der Waals surface area contributed by atoms with Gasteiger partial charge in [0, 0.05) is 28.2 Å². The molecule has 4 aromatic rings. The van der Waals surface area contributed by atoms with Gasteiger partial charge >= 0.3 is 0 Å². The van der Waals surface area contributed by atoms with Crippen molar-refractivity contribution in [1.82, 2.24) is 9.72 Å². The summed E-state index contributed by atoms with van der Waals surface area (Å²) in [6.07, 6.45) is 4.52. The predicted octanol–water partition coefficient (Wildman–Crippen LogP) is 6.32. The van der Waals surface area contributed by atoms with E-state index in [0.29, 0.717) is 0 Å². The van der Waals surface area contributed by atoms with Crippen LogP contribution in [0.4, 0.5) is 0 Å². The SMILES string of the molecule is CCCCn1cc(Br)c2c3c(-c4ccc(C)cc4)onc3ccc21. The number of aromatic nitrogens is 2. The number of halogens is 1. The molecule has 0 saturated heterocycles. The highest BCUT2D eigenvalue weighted by atomic mass is 79.9. The third kappa shape index (κ3) is 2.46. The summed E-state index contributed by atoms with van der Waals surface area (Å²) in [5.41, 5.74) is 4.41. The van der Waals surface area contributed by atoms with E-state index < -0.39 is 0 Å². The Balaban J connectivity index is 1.98. The van der Waals surface area contributed by atoms with Gasteiger partial charge in [0.1, 0.15) is 5.52 Å². The topological polar surface area (TPSA) is 31.0 Å². The van der Waals surface area contributed by atoms with Crippen molar-refractivity contribution in [2.24, 2.45) is 0 Å². The third-order valence-electron chi connectivity index (χ3n) is 4.51. The average molecular weight is 383 g/mol. The quantitative estimate of drug-likeness (QED) is 0.413. The summed E-state index contributed by atoms with van der Waals surface area (Å²) >= 11 is 3.74. The van der Waals surface area contributed by atoms with E-state index in [0.717, 1.165) is 33.2 Å². The monoisotopic (exact) mass is 382 g/mol. The van der Waals surface area contributed by atoms with E-state index in [1.54, 1.807) is 0 Å². The lowest BCUT2D eigenvalue weighted by molar-refractivity contribution is 0.441. The molecule has 0 N–H and O–H groups in total. The van der Waals surface area contributed by atoms with Crippen molar-refractivity contribution in [3.8, 4) is 11.3 Å². The molecule has 0 aliphatic heterocycles. The summed E-state index contributed by atoms with van der Waals surface area (Å²) in [5.74, 6) is 0.838. The molecule has 122 valence electrons. The summed E-state index contributed by atoms with van der Waals surface area (Å²) in [7, 11) is 0. The highest BCUT2D eigenvalue weighted by Crippen LogP contribution is 2.39. The van der Waals surface area contributed by atoms with E-state index >= 15 is 0 Å². The maximum atomic E-state index is 5.71. The van der Waals surface area contributed by atoms with Gasteiger partial charge in [0.15, 0.2) is 5.76 Å². The molecule has 24 heavy (non-hydrogen) atoms. The minimum absolute atomic E-state index is 0.838. The standard InChI is InChI=1S/C20H19BrN2O/c1-3-4-11-23-12-15(21)18-17(23)10-9-16-19(18)20(24-22-16)14-7-5-13(2)6-8-14/h5-10,12H,3-4,11H2,1-2H3. The Labute approximate surface area is 149 Å². The molecule has 3 nitrogen and oxygen atoms in total. The number of hydrogen-bond acceptors (Lipinski definition) is 2. The van der Waals surface area contributed by atoms with Gasteiger partial charge in [-0.25, -0.2) is 0 Å². The van der Waals surface area contributed by atoms with Gasteiger partial charge in [0.2, 0.25) is 0 Å².